The Morgan fingerprint density at radius 1 is 0.944 bits per heavy atom. The molecule has 1 aliphatic rings. The Labute approximate surface area is 209 Å². The number of ether oxygens (including phenoxy) is 2. The van der Waals surface area contributed by atoms with Gasteiger partial charge in [0, 0.05) is 12.1 Å². The first kappa shape index (κ1) is 23.2. The Bertz CT molecular complexity index is 1300. The second kappa shape index (κ2) is 10.8. The van der Waals surface area contributed by atoms with Crippen LogP contribution in [0.3, 0.4) is 0 Å². The minimum atomic E-state index is -0.866. The first-order valence-corrected chi connectivity index (χ1v) is 11.8. The molecule has 3 aromatic carbocycles. The van der Waals surface area contributed by atoms with Gasteiger partial charge in [-0.2, -0.15) is 0 Å². The highest BCUT2D eigenvalue weighted by atomic mass is 16.5. The van der Waals surface area contributed by atoms with Crippen molar-refractivity contribution in [1.82, 2.24) is 5.32 Å². The molecule has 1 aliphatic heterocycles. The van der Waals surface area contributed by atoms with Crippen LogP contribution in [-0.4, -0.2) is 25.0 Å². The van der Waals surface area contributed by atoms with E-state index in [2.05, 4.69) is 5.32 Å². The summed E-state index contributed by atoms with van der Waals surface area (Å²) < 4.78 is 16.6. The summed E-state index contributed by atoms with van der Waals surface area (Å²) in [6.07, 6.45) is 3.62. The molecule has 1 N–H and O–H groups in total. The summed E-state index contributed by atoms with van der Waals surface area (Å²) >= 11 is 0. The average molecular weight is 483 g/mol. The fourth-order valence-corrected chi connectivity index (χ4v) is 4.17. The number of carbonyl (C=O) groups excluding carboxylic acids is 2. The molecular formula is C29H26N2O5. The zero-order valence-electron chi connectivity index (χ0n) is 19.6. The fourth-order valence-electron chi connectivity index (χ4n) is 4.17. The monoisotopic (exact) mass is 482 g/mol. The molecule has 0 aliphatic carbocycles. The number of carbonyl (C=O) groups is 2. The topological polar surface area (TPSA) is 81.0 Å². The Hall–Kier alpha value is -4.52. The van der Waals surface area contributed by atoms with E-state index in [-0.39, 0.29) is 18.4 Å². The lowest BCUT2D eigenvalue weighted by Gasteiger charge is -2.34. The number of hydrogen-bond donors (Lipinski definition) is 1. The quantitative estimate of drug-likeness (QED) is 0.375. The largest absolute Gasteiger partial charge is 0.489 e. The average Bonchev–Trinajstić information content (AvgIpc) is 3.45. The van der Waals surface area contributed by atoms with Crippen molar-refractivity contribution >= 4 is 17.5 Å². The SMILES string of the molecule is O=C(NCCc1ccc(OCc2ccccc2)cc1)C(c1ccoc1)N1C(=O)COc2ccccc21. The molecule has 7 nitrogen and oxygen atoms in total. The predicted octanol–water partition coefficient (Wildman–Crippen LogP) is 4.68. The Morgan fingerprint density at radius 3 is 2.50 bits per heavy atom. The predicted molar refractivity (Wildman–Crippen MR) is 135 cm³/mol. The molecule has 2 heterocycles. The molecule has 7 heteroatoms. The highest BCUT2D eigenvalue weighted by Crippen LogP contribution is 2.37. The van der Waals surface area contributed by atoms with Crippen LogP contribution < -0.4 is 19.7 Å². The molecule has 182 valence electrons. The standard InChI is InChI=1S/C29H26N2O5/c32-27-20-36-26-9-5-4-8-25(26)31(27)28(23-15-17-34-19-23)29(33)30-16-14-21-10-12-24(13-11-21)35-18-22-6-2-1-3-7-22/h1-13,15,17,19,28H,14,16,18,20H2,(H,30,33). The molecular weight excluding hydrogens is 456 g/mol. The fraction of sp³-hybridized carbons (Fsp3) is 0.172. The number of nitrogens with one attached hydrogen (secondary N) is 1. The van der Waals surface area contributed by atoms with Crippen LogP contribution in [0.15, 0.2) is 102 Å². The number of anilines is 1. The molecule has 1 unspecified atom stereocenters. The Morgan fingerprint density at radius 2 is 1.72 bits per heavy atom. The third-order valence-electron chi connectivity index (χ3n) is 5.99. The van der Waals surface area contributed by atoms with Gasteiger partial charge in [0.2, 0.25) is 5.91 Å². The van der Waals surface area contributed by atoms with Gasteiger partial charge in [0.1, 0.15) is 24.1 Å². The molecule has 0 radical (unpaired) electrons. The van der Waals surface area contributed by atoms with Gasteiger partial charge in [0.05, 0.1) is 18.2 Å². The normalized spacial score (nSPS) is 13.4. The van der Waals surface area contributed by atoms with Gasteiger partial charge in [-0.25, -0.2) is 0 Å². The molecule has 2 amide bonds. The highest BCUT2D eigenvalue weighted by molar-refractivity contribution is 6.04. The molecule has 0 fully saturated rings. The lowest BCUT2D eigenvalue weighted by atomic mass is 10.0. The van der Waals surface area contributed by atoms with Crippen LogP contribution in [0.5, 0.6) is 11.5 Å². The van der Waals surface area contributed by atoms with Crippen LogP contribution in [0.4, 0.5) is 5.69 Å². The third-order valence-corrected chi connectivity index (χ3v) is 5.99. The van der Waals surface area contributed by atoms with Gasteiger partial charge in [-0.3, -0.25) is 14.5 Å². The molecule has 5 rings (SSSR count). The van der Waals surface area contributed by atoms with Gasteiger partial charge in [-0.05, 0) is 47.9 Å². The molecule has 0 spiro atoms. The smallest absolute Gasteiger partial charge is 0.266 e. The molecule has 0 bridgehead atoms. The van der Waals surface area contributed by atoms with Crippen LogP contribution in [0.1, 0.15) is 22.7 Å². The van der Waals surface area contributed by atoms with Crippen molar-refractivity contribution in [2.24, 2.45) is 0 Å². The van der Waals surface area contributed by atoms with Crippen LogP contribution in [0.2, 0.25) is 0 Å². The van der Waals surface area contributed by atoms with Gasteiger partial charge in [0.15, 0.2) is 6.61 Å². The number of rotatable bonds is 9. The van der Waals surface area contributed by atoms with Crippen molar-refractivity contribution in [2.75, 3.05) is 18.1 Å². The molecule has 1 aromatic heterocycles. The minimum absolute atomic E-state index is 0.128. The van der Waals surface area contributed by atoms with Crippen molar-refractivity contribution in [3.63, 3.8) is 0 Å². The number of fused-ring (bicyclic) bond motifs is 1. The van der Waals surface area contributed by atoms with Gasteiger partial charge in [0.25, 0.3) is 5.91 Å². The highest BCUT2D eigenvalue weighted by Gasteiger charge is 2.37. The second-order valence-electron chi connectivity index (χ2n) is 8.44. The van der Waals surface area contributed by atoms with Gasteiger partial charge < -0.3 is 19.2 Å². The number of hydrogen-bond acceptors (Lipinski definition) is 5. The summed E-state index contributed by atoms with van der Waals surface area (Å²) in [5.74, 6) is 0.773. The van der Waals surface area contributed by atoms with Crippen LogP contribution in [0, 0.1) is 0 Å². The number of nitrogens with zero attached hydrogens (tertiary/aromatic N) is 1. The molecule has 0 saturated carbocycles. The lowest BCUT2D eigenvalue weighted by Crippen LogP contribution is -2.47. The van der Waals surface area contributed by atoms with Crippen molar-refractivity contribution < 1.29 is 23.5 Å². The molecule has 4 aromatic rings. The van der Waals surface area contributed by atoms with E-state index in [1.807, 2.05) is 66.7 Å². The van der Waals surface area contributed by atoms with E-state index < -0.39 is 6.04 Å². The van der Waals surface area contributed by atoms with E-state index in [1.54, 1.807) is 18.2 Å². The molecule has 1 atom stereocenters. The first-order valence-electron chi connectivity index (χ1n) is 11.8. The van der Waals surface area contributed by atoms with Crippen molar-refractivity contribution in [3.05, 3.63) is 114 Å². The lowest BCUT2D eigenvalue weighted by molar-refractivity contribution is -0.128. The van der Waals surface area contributed by atoms with E-state index in [1.165, 1.54) is 17.4 Å². The summed E-state index contributed by atoms with van der Waals surface area (Å²) in [6.45, 7) is 0.796. The zero-order valence-corrected chi connectivity index (χ0v) is 19.6. The van der Waals surface area contributed by atoms with Gasteiger partial charge in [-0.15, -0.1) is 0 Å². The summed E-state index contributed by atoms with van der Waals surface area (Å²) in [5, 5.41) is 2.98. The van der Waals surface area contributed by atoms with E-state index in [9.17, 15) is 9.59 Å². The minimum Gasteiger partial charge on any atom is -0.489 e. The number of furan rings is 1. The van der Waals surface area contributed by atoms with Crippen molar-refractivity contribution in [2.45, 2.75) is 19.1 Å². The number of benzene rings is 3. The van der Waals surface area contributed by atoms with Crippen LogP contribution in [-0.2, 0) is 22.6 Å². The summed E-state index contributed by atoms with van der Waals surface area (Å²) in [4.78, 5) is 27.7. The summed E-state index contributed by atoms with van der Waals surface area (Å²) in [5.41, 5.74) is 3.33. The molecule has 0 saturated heterocycles. The maximum Gasteiger partial charge on any atom is 0.266 e. The van der Waals surface area contributed by atoms with Crippen molar-refractivity contribution in [1.29, 1.82) is 0 Å². The molecule has 36 heavy (non-hydrogen) atoms. The van der Waals surface area contributed by atoms with Crippen LogP contribution >= 0.6 is 0 Å². The third kappa shape index (κ3) is 5.25. The number of para-hydroxylation sites is 2. The van der Waals surface area contributed by atoms with E-state index in [0.29, 0.717) is 36.6 Å². The van der Waals surface area contributed by atoms with Gasteiger partial charge in [-0.1, -0.05) is 54.6 Å². The Balaban J connectivity index is 1.22. The van der Waals surface area contributed by atoms with Crippen LogP contribution in [0.25, 0.3) is 0 Å². The van der Waals surface area contributed by atoms with Gasteiger partial charge >= 0.3 is 0 Å². The van der Waals surface area contributed by atoms with E-state index in [4.69, 9.17) is 13.9 Å². The second-order valence-corrected chi connectivity index (χ2v) is 8.44. The number of amides is 2. The maximum absolute atomic E-state index is 13.4. The first-order chi connectivity index (χ1) is 17.7. The summed E-state index contributed by atoms with van der Waals surface area (Å²) in [7, 11) is 0. The summed E-state index contributed by atoms with van der Waals surface area (Å²) in [6, 6.07) is 25.9. The zero-order chi connectivity index (χ0) is 24.7. The van der Waals surface area contributed by atoms with E-state index in [0.717, 1.165) is 16.9 Å². The maximum atomic E-state index is 13.4. The van der Waals surface area contributed by atoms with Crippen molar-refractivity contribution in [3.8, 4) is 11.5 Å². The Kier molecular flexibility index (Phi) is 6.98. The van der Waals surface area contributed by atoms with E-state index >= 15 is 0 Å².